The highest BCUT2D eigenvalue weighted by molar-refractivity contribution is 7.09. The lowest BCUT2D eigenvalue weighted by Gasteiger charge is -2.21. The van der Waals surface area contributed by atoms with Crippen molar-refractivity contribution in [3.63, 3.8) is 0 Å². The van der Waals surface area contributed by atoms with Gasteiger partial charge in [-0.2, -0.15) is 0 Å². The van der Waals surface area contributed by atoms with E-state index < -0.39 is 0 Å². The van der Waals surface area contributed by atoms with Crippen LogP contribution in [0.3, 0.4) is 0 Å². The number of aromatic nitrogens is 1. The van der Waals surface area contributed by atoms with Crippen LogP contribution in [0.15, 0.2) is 28.0 Å². The van der Waals surface area contributed by atoms with Crippen molar-refractivity contribution < 1.29 is 9.21 Å². The van der Waals surface area contributed by atoms with E-state index in [0.717, 1.165) is 54.8 Å². The summed E-state index contributed by atoms with van der Waals surface area (Å²) in [6.07, 6.45) is 0.959. The molecule has 0 radical (unpaired) electrons. The van der Waals surface area contributed by atoms with Gasteiger partial charge in [0.25, 0.3) is 5.91 Å². The second-order valence-corrected chi connectivity index (χ2v) is 10.2. The summed E-state index contributed by atoms with van der Waals surface area (Å²) >= 11 is 1.74. The van der Waals surface area contributed by atoms with Crippen molar-refractivity contribution in [2.24, 2.45) is 0 Å². The third-order valence-electron chi connectivity index (χ3n) is 5.74. The highest BCUT2D eigenvalue weighted by Gasteiger charge is 2.26. The van der Waals surface area contributed by atoms with Gasteiger partial charge in [0.2, 0.25) is 0 Å². The molecule has 3 heterocycles. The van der Waals surface area contributed by atoms with Gasteiger partial charge in [0.15, 0.2) is 5.76 Å². The van der Waals surface area contributed by atoms with Gasteiger partial charge in [-0.3, -0.25) is 9.69 Å². The number of hydrogen-bond acceptors (Lipinski definition) is 5. The van der Waals surface area contributed by atoms with Gasteiger partial charge in [0.05, 0.1) is 10.7 Å². The van der Waals surface area contributed by atoms with Crippen LogP contribution in [-0.4, -0.2) is 46.9 Å². The third-order valence-corrected chi connectivity index (χ3v) is 7.06. The Morgan fingerprint density at radius 3 is 2.70 bits per heavy atom. The molecule has 1 aliphatic heterocycles. The van der Waals surface area contributed by atoms with Crippen molar-refractivity contribution in [3.05, 3.63) is 51.2 Å². The zero-order valence-electron chi connectivity index (χ0n) is 18.6. The van der Waals surface area contributed by atoms with Gasteiger partial charge in [0.1, 0.15) is 5.58 Å². The van der Waals surface area contributed by atoms with Crippen LogP contribution in [0.1, 0.15) is 59.6 Å². The normalized spacial score (nSPS) is 16.2. The lowest BCUT2D eigenvalue weighted by molar-refractivity contribution is 0.0730. The number of fused-ring (bicyclic) bond motifs is 1. The molecule has 1 amide bonds. The summed E-state index contributed by atoms with van der Waals surface area (Å²) in [7, 11) is 0. The van der Waals surface area contributed by atoms with Crippen molar-refractivity contribution in [1.29, 1.82) is 0 Å². The molecule has 1 aromatic carbocycles. The standard InChI is InChI=1S/C24H31N3O2S/c1-16-7-8-20-19(13-16)17(2)21(29-20)22(28)27-10-6-9-26(11-12-27)14-18-15-30-23(25-18)24(3,4)5/h7-8,13,15H,6,9-12,14H2,1-5H3. The Bertz CT molecular complexity index is 1060. The number of rotatable bonds is 3. The SMILES string of the molecule is Cc1ccc2oc(C(=O)N3CCCN(Cc4csc(C(C)(C)C)n4)CC3)c(C)c2c1. The molecule has 0 aliphatic carbocycles. The molecule has 6 heteroatoms. The van der Waals surface area contributed by atoms with Gasteiger partial charge < -0.3 is 9.32 Å². The molecule has 0 bridgehead atoms. The summed E-state index contributed by atoms with van der Waals surface area (Å²) < 4.78 is 5.95. The number of thiazole rings is 1. The topological polar surface area (TPSA) is 49.6 Å². The third kappa shape index (κ3) is 4.30. The van der Waals surface area contributed by atoms with E-state index >= 15 is 0 Å². The molecule has 30 heavy (non-hydrogen) atoms. The Hall–Kier alpha value is -2.18. The maximum absolute atomic E-state index is 13.2. The number of carbonyl (C=O) groups is 1. The highest BCUT2D eigenvalue weighted by Crippen LogP contribution is 2.28. The number of carbonyl (C=O) groups excluding carboxylic acids is 1. The summed E-state index contributed by atoms with van der Waals surface area (Å²) in [4.78, 5) is 22.4. The van der Waals surface area contributed by atoms with E-state index in [2.05, 4.69) is 44.0 Å². The second-order valence-electron chi connectivity index (χ2n) is 9.37. The molecule has 0 saturated carbocycles. The molecule has 0 atom stereocenters. The quantitative estimate of drug-likeness (QED) is 0.582. The first-order valence-corrected chi connectivity index (χ1v) is 11.6. The molecule has 3 aromatic rings. The summed E-state index contributed by atoms with van der Waals surface area (Å²) in [6.45, 7) is 14.8. The zero-order valence-corrected chi connectivity index (χ0v) is 19.4. The largest absolute Gasteiger partial charge is 0.451 e. The number of amides is 1. The van der Waals surface area contributed by atoms with Crippen molar-refractivity contribution in [2.75, 3.05) is 26.2 Å². The predicted octanol–water partition coefficient (Wildman–Crippen LogP) is 5.15. The number of aryl methyl sites for hydroxylation is 2. The monoisotopic (exact) mass is 425 g/mol. The molecule has 1 saturated heterocycles. The maximum Gasteiger partial charge on any atom is 0.289 e. The van der Waals surface area contributed by atoms with Crippen LogP contribution in [-0.2, 0) is 12.0 Å². The van der Waals surface area contributed by atoms with Gasteiger partial charge in [-0.25, -0.2) is 4.98 Å². The summed E-state index contributed by atoms with van der Waals surface area (Å²) in [5.41, 5.74) is 4.13. The van der Waals surface area contributed by atoms with Crippen LogP contribution in [0, 0.1) is 13.8 Å². The molecular weight excluding hydrogens is 394 g/mol. The van der Waals surface area contributed by atoms with E-state index in [1.165, 1.54) is 10.6 Å². The van der Waals surface area contributed by atoms with Gasteiger partial charge in [-0.05, 0) is 32.4 Å². The fourth-order valence-electron chi connectivity index (χ4n) is 3.97. The molecule has 0 spiro atoms. The average Bonchev–Trinajstić information content (AvgIpc) is 3.20. The van der Waals surface area contributed by atoms with Crippen LogP contribution in [0.2, 0.25) is 0 Å². The summed E-state index contributed by atoms with van der Waals surface area (Å²) in [6, 6.07) is 6.07. The van der Waals surface area contributed by atoms with Gasteiger partial charge in [0, 0.05) is 54.5 Å². The first-order chi connectivity index (χ1) is 14.2. The number of furan rings is 1. The summed E-state index contributed by atoms with van der Waals surface area (Å²) in [5.74, 6) is 0.491. The molecular formula is C24H31N3O2S. The number of benzene rings is 1. The van der Waals surface area contributed by atoms with Crippen molar-refractivity contribution in [2.45, 2.75) is 53.0 Å². The van der Waals surface area contributed by atoms with Crippen molar-refractivity contribution in [1.82, 2.24) is 14.8 Å². The minimum Gasteiger partial charge on any atom is -0.451 e. The van der Waals surface area contributed by atoms with Crippen LogP contribution in [0.5, 0.6) is 0 Å². The molecule has 0 N–H and O–H groups in total. The second kappa shape index (κ2) is 8.16. The lowest BCUT2D eigenvalue weighted by Crippen LogP contribution is -2.35. The number of nitrogens with zero attached hydrogens (tertiary/aromatic N) is 3. The van der Waals surface area contributed by atoms with Gasteiger partial charge in [-0.1, -0.05) is 32.4 Å². The molecule has 1 aliphatic rings. The Kier molecular flexibility index (Phi) is 5.73. The average molecular weight is 426 g/mol. The first-order valence-electron chi connectivity index (χ1n) is 10.7. The summed E-state index contributed by atoms with van der Waals surface area (Å²) in [5, 5.41) is 4.39. The Morgan fingerprint density at radius 2 is 1.97 bits per heavy atom. The van der Waals surface area contributed by atoms with E-state index in [-0.39, 0.29) is 11.3 Å². The van der Waals surface area contributed by atoms with Gasteiger partial charge in [-0.15, -0.1) is 11.3 Å². The van der Waals surface area contributed by atoms with E-state index in [4.69, 9.17) is 9.40 Å². The van der Waals surface area contributed by atoms with E-state index in [0.29, 0.717) is 12.3 Å². The van der Waals surface area contributed by atoms with Crippen LogP contribution >= 0.6 is 11.3 Å². The van der Waals surface area contributed by atoms with Crippen LogP contribution in [0.25, 0.3) is 11.0 Å². The Labute approximate surface area is 182 Å². The fourth-order valence-corrected chi connectivity index (χ4v) is 4.87. The lowest BCUT2D eigenvalue weighted by atomic mass is 9.98. The minimum atomic E-state index is 0.00637. The minimum absolute atomic E-state index is 0.00637. The van der Waals surface area contributed by atoms with Gasteiger partial charge >= 0.3 is 0 Å². The predicted molar refractivity (Wildman–Crippen MR) is 122 cm³/mol. The number of hydrogen-bond donors (Lipinski definition) is 0. The smallest absolute Gasteiger partial charge is 0.289 e. The molecule has 2 aromatic heterocycles. The van der Waals surface area contributed by atoms with E-state index in [1.807, 2.05) is 24.0 Å². The molecule has 160 valence electrons. The molecule has 0 unspecified atom stereocenters. The van der Waals surface area contributed by atoms with E-state index in [1.54, 1.807) is 11.3 Å². The van der Waals surface area contributed by atoms with Crippen LogP contribution in [0.4, 0.5) is 0 Å². The van der Waals surface area contributed by atoms with Crippen LogP contribution < -0.4 is 0 Å². The van der Waals surface area contributed by atoms with Crippen molar-refractivity contribution in [3.8, 4) is 0 Å². The van der Waals surface area contributed by atoms with Crippen molar-refractivity contribution >= 4 is 28.2 Å². The highest BCUT2D eigenvalue weighted by atomic mass is 32.1. The van der Waals surface area contributed by atoms with E-state index in [9.17, 15) is 4.79 Å². The zero-order chi connectivity index (χ0) is 21.5. The molecule has 5 nitrogen and oxygen atoms in total. The molecule has 4 rings (SSSR count). The maximum atomic E-state index is 13.2. The Morgan fingerprint density at radius 1 is 1.17 bits per heavy atom. The Balaban J connectivity index is 1.43. The first kappa shape index (κ1) is 21.1. The molecule has 1 fully saturated rings. The fraction of sp³-hybridized carbons (Fsp3) is 0.500.